The minimum absolute atomic E-state index is 0.0702. The molecule has 0 aliphatic carbocycles. The Morgan fingerprint density at radius 2 is 2.19 bits per heavy atom. The Balaban J connectivity index is 2.36. The molecule has 0 aliphatic rings. The Bertz CT molecular complexity index is 646. The minimum Gasteiger partial charge on any atom is -0.434 e. The van der Waals surface area contributed by atoms with Crippen molar-refractivity contribution >= 4 is 11.5 Å². The van der Waals surface area contributed by atoms with Crippen LogP contribution in [-0.4, -0.2) is 21.4 Å². The van der Waals surface area contributed by atoms with Crippen LogP contribution in [0.1, 0.15) is 18.9 Å². The van der Waals surface area contributed by atoms with Crippen LogP contribution in [0.15, 0.2) is 30.6 Å². The van der Waals surface area contributed by atoms with Crippen molar-refractivity contribution in [3.63, 3.8) is 0 Å². The predicted octanol–water partition coefficient (Wildman–Crippen LogP) is 3.31. The van der Waals surface area contributed by atoms with Gasteiger partial charge in [0.15, 0.2) is 0 Å². The second-order valence-corrected chi connectivity index (χ2v) is 4.48. The van der Waals surface area contributed by atoms with E-state index in [2.05, 4.69) is 15.3 Å². The number of benzene rings is 1. The van der Waals surface area contributed by atoms with E-state index in [1.54, 1.807) is 12.1 Å². The molecule has 21 heavy (non-hydrogen) atoms. The Morgan fingerprint density at radius 1 is 1.38 bits per heavy atom. The lowest BCUT2D eigenvalue weighted by Gasteiger charge is -2.09. The molecule has 2 aromatic rings. The molecule has 0 fully saturated rings. The van der Waals surface area contributed by atoms with Gasteiger partial charge >= 0.3 is 11.6 Å². The summed E-state index contributed by atoms with van der Waals surface area (Å²) >= 11 is 0. The molecule has 2 rings (SSSR count). The molecule has 7 nitrogen and oxygen atoms in total. The summed E-state index contributed by atoms with van der Waals surface area (Å²) in [5.41, 5.74) is 0.737. The van der Waals surface area contributed by atoms with Crippen LogP contribution in [0.3, 0.4) is 0 Å². The fraction of sp³-hybridized carbons (Fsp3) is 0.286. The van der Waals surface area contributed by atoms with Crippen molar-refractivity contribution in [3.05, 3.63) is 46.3 Å². The monoisotopic (exact) mass is 288 g/mol. The molecule has 1 aromatic heterocycles. The average Bonchev–Trinajstić information content (AvgIpc) is 2.45. The van der Waals surface area contributed by atoms with E-state index in [0.29, 0.717) is 12.3 Å². The highest BCUT2D eigenvalue weighted by atomic mass is 16.6. The average molecular weight is 288 g/mol. The summed E-state index contributed by atoms with van der Waals surface area (Å²) in [6.07, 6.45) is 2.07. The Kier molecular flexibility index (Phi) is 4.65. The van der Waals surface area contributed by atoms with Gasteiger partial charge in [-0.3, -0.25) is 10.1 Å². The van der Waals surface area contributed by atoms with E-state index in [1.807, 2.05) is 26.0 Å². The smallest absolute Gasteiger partial charge is 0.373 e. The first kappa shape index (κ1) is 14.7. The predicted molar refractivity (Wildman–Crippen MR) is 78.7 cm³/mol. The largest absolute Gasteiger partial charge is 0.434 e. The van der Waals surface area contributed by atoms with Gasteiger partial charge in [-0.25, -0.2) is 4.98 Å². The quantitative estimate of drug-likeness (QED) is 0.647. The van der Waals surface area contributed by atoms with Crippen LogP contribution < -0.4 is 10.1 Å². The highest BCUT2D eigenvalue weighted by molar-refractivity contribution is 5.61. The number of ether oxygens (including phenoxy) is 1. The normalized spacial score (nSPS) is 10.2. The maximum Gasteiger partial charge on any atom is 0.373 e. The highest BCUT2D eigenvalue weighted by Crippen LogP contribution is 2.34. The van der Waals surface area contributed by atoms with Crippen LogP contribution in [0.25, 0.3) is 0 Å². The van der Waals surface area contributed by atoms with Crippen LogP contribution in [0.4, 0.5) is 11.5 Å². The third-order valence-electron chi connectivity index (χ3n) is 2.72. The van der Waals surface area contributed by atoms with Crippen molar-refractivity contribution in [1.29, 1.82) is 0 Å². The van der Waals surface area contributed by atoms with Crippen LogP contribution >= 0.6 is 0 Å². The molecular formula is C14H16N4O3. The van der Waals surface area contributed by atoms with Gasteiger partial charge in [0.25, 0.3) is 0 Å². The number of nitrogens with one attached hydrogen (secondary N) is 1. The summed E-state index contributed by atoms with van der Waals surface area (Å²) in [6, 6.07) is 7.23. The fourth-order valence-electron chi connectivity index (χ4n) is 1.77. The topological polar surface area (TPSA) is 90.2 Å². The number of rotatable bonds is 6. The Hall–Kier alpha value is -2.70. The van der Waals surface area contributed by atoms with Crippen molar-refractivity contribution < 1.29 is 9.66 Å². The summed E-state index contributed by atoms with van der Waals surface area (Å²) in [4.78, 5) is 18.5. The van der Waals surface area contributed by atoms with Crippen molar-refractivity contribution in [2.75, 3.05) is 11.9 Å². The summed E-state index contributed by atoms with van der Waals surface area (Å²) < 4.78 is 5.54. The van der Waals surface area contributed by atoms with E-state index in [0.717, 1.165) is 12.0 Å². The fourth-order valence-corrected chi connectivity index (χ4v) is 1.77. The lowest BCUT2D eigenvalue weighted by Crippen LogP contribution is -2.07. The van der Waals surface area contributed by atoms with Gasteiger partial charge in [-0.05, 0) is 31.0 Å². The number of aromatic nitrogens is 2. The molecule has 1 aromatic carbocycles. The van der Waals surface area contributed by atoms with Gasteiger partial charge in [0, 0.05) is 6.54 Å². The van der Waals surface area contributed by atoms with Gasteiger partial charge < -0.3 is 10.1 Å². The standard InChI is InChI=1S/C14H16N4O3/c1-3-7-15-13-12(18(19)20)14(17-9-16-13)21-11-6-4-5-10(2)8-11/h4-6,8-9H,3,7H2,1-2H3,(H,15,16,17). The molecule has 7 heteroatoms. The van der Waals surface area contributed by atoms with Gasteiger partial charge in [-0.1, -0.05) is 19.1 Å². The summed E-state index contributed by atoms with van der Waals surface area (Å²) in [6.45, 7) is 4.46. The number of hydrogen-bond donors (Lipinski definition) is 1. The summed E-state index contributed by atoms with van der Waals surface area (Å²) in [5, 5.41) is 14.2. The molecule has 0 unspecified atom stereocenters. The minimum atomic E-state index is -0.539. The second-order valence-electron chi connectivity index (χ2n) is 4.48. The molecule has 0 amide bonds. The highest BCUT2D eigenvalue weighted by Gasteiger charge is 2.24. The summed E-state index contributed by atoms with van der Waals surface area (Å²) in [5.74, 6) is 0.594. The summed E-state index contributed by atoms with van der Waals surface area (Å²) in [7, 11) is 0. The van der Waals surface area contributed by atoms with Gasteiger partial charge in [0.05, 0.1) is 4.92 Å². The zero-order chi connectivity index (χ0) is 15.2. The molecule has 0 spiro atoms. The SMILES string of the molecule is CCCNc1ncnc(Oc2cccc(C)c2)c1[N+](=O)[O-]. The second kappa shape index (κ2) is 6.65. The molecule has 0 aliphatic heterocycles. The van der Waals surface area contributed by atoms with Crippen molar-refractivity contribution in [3.8, 4) is 11.6 Å². The van der Waals surface area contributed by atoms with Gasteiger partial charge in [0.2, 0.25) is 5.82 Å². The van der Waals surface area contributed by atoms with Crippen LogP contribution in [0, 0.1) is 17.0 Å². The van der Waals surface area contributed by atoms with Crippen LogP contribution in [0.5, 0.6) is 11.6 Å². The van der Waals surface area contributed by atoms with Gasteiger partial charge in [-0.2, -0.15) is 4.98 Å². The molecule has 1 heterocycles. The third kappa shape index (κ3) is 3.65. The van der Waals surface area contributed by atoms with E-state index in [1.165, 1.54) is 6.33 Å². The van der Waals surface area contributed by atoms with E-state index in [4.69, 9.17) is 4.74 Å². The first-order valence-electron chi connectivity index (χ1n) is 6.59. The van der Waals surface area contributed by atoms with Crippen LogP contribution in [-0.2, 0) is 0 Å². The first-order valence-corrected chi connectivity index (χ1v) is 6.59. The number of hydrogen-bond acceptors (Lipinski definition) is 6. The van der Waals surface area contributed by atoms with E-state index in [9.17, 15) is 10.1 Å². The molecule has 0 atom stereocenters. The molecule has 1 N–H and O–H groups in total. The maximum atomic E-state index is 11.3. The number of nitrogens with zero attached hydrogens (tertiary/aromatic N) is 3. The number of anilines is 1. The molecule has 0 bridgehead atoms. The van der Waals surface area contributed by atoms with Crippen molar-refractivity contribution in [2.45, 2.75) is 20.3 Å². The molecular weight excluding hydrogens is 272 g/mol. The lowest BCUT2D eigenvalue weighted by atomic mass is 10.2. The molecule has 0 radical (unpaired) electrons. The van der Waals surface area contributed by atoms with E-state index in [-0.39, 0.29) is 17.4 Å². The maximum absolute atomic E-state index is 11.3. The zero-order valence-electron chi connectivity index (χ0n) is 11.9. The first-order chi connectivity index (χ1) is 10.1. The number of aryl methyl sites for hydroxylation is 1. The van der Waals surface area contributed by atoms with Crippen LogP contribution in [0.2, 0.25) is 0 Å². The Morgan fingerprint density at radius 3 is 2.86 bits per heavy atom. The molecule has 0 saturated carbocycles. The zero-order valence-corrected chi connectivity index (χ0v) is 11.9. The Labute approximate surface area is 122 Å². The van der Waals surface area contributed by atoms with Gasteiger partial charge in [0.1, 0.15) is 12.1 Å². The van der Waals surface area contributed by atoms with E-state index < -0.39 is 4.92 Å². The van der Waals surface area contributed by atoms with Crippen molar-refractivity contribution in [1.82, 2.24) is 9.97 Å². The number of nitro groups is 1. The van der Waals surface area contributed by atoms with Crippen molar-refractivity contribution in [2.24, 2.45) is 0 Å². The third-order valence-corrected chi connectivity index (χ3v) is 2.72. The molecule has 110 valence electrons. The van der Waals surface area contributed by atoms with E-state index >= 15 is 0 Å². The molecule has 0 saturated heterocycles. The lowest BCUT2D eigenvalue weighted by molar-refractivity contribution is -0.385. The van der Waals surface area contributed by atoms with Gasteiger partial charge in [-0.15, -0.1) is 0 Å².